The normalized spacial score (nSPS) is 12.8. The summed E-state index contributed by atoms with van der Waals surface area (Å²) in [6.45, 7) is 5.79. The third-order valence-corrected chi connectivity index (χ3v) is 2.92. The minimum atomic E-state index is -1.04. The van der Waals surface area contributed by atoms with Crippen molar-refractivity contribution in [3.05, 3.63) is 35.4 Å². The van der Waals surface area contributed by atoms with Crippen molar-refractivity contribution in [2.75, 3.05) is 7.11 Å². The Morgan fingerprint density at radius 1 is 1.25 bits per heavy atom. The predicted octanol–water partition coefficient (Wildman–Crippen LogP) is 2.06. The third-order valence-electron chi connectivity index (χ3n) is 2.92. The maximum Gasteiger partial charge on any atom is 0.326 e. The molecule has 0 aliphatic rings. The number of carboxylic acids is 1. The molecule has 0 radical (unpaired) electrons. The lowest BCUT2D eigenvalue weighted by Gasteiger charge is -2.27. The number of benzene rings is 1. The van der Waals surface area contributed by atoms with E-state index in [2.05, 4.69) is 5.32 Å². The lowest BCUT2D eigenvalue weighted by molar-refractivity contribution is -0.142. The van der Waals surface area contributed by atoms with Crippen molar-refractivity contribution >= 4 is 11.9 Å². The van der Waals surface area contributed by atoms with Gasteiger partial charge in [-0.15, -0.1) is 0 Å². The van der Waals surface area contributed by atoms with Gasteiger partial charge in [-0.05, 0) is 23.1 Å². The number of hydrogen-bond donors (Lipinski definition) is 2. The van der Waals surface area contributed by atoms with E-state index in [4.69, 9.17) is 4.74 Å². The Hall–Kier alpha value is -1.88. The number of rotatable bonds is 5. The first-order chi connectivity index (χ1) is 9.25. The molecule has 1 atom stereocenters. The Morgan fingerprint density at radius 3 is 2.20 bits per heavy atom. The van der Waals surface area contributed by atoms with Gasteiger partial charge in [0.05, 0.1) is 6.61 Å². The van der Waals surface area contributed by atoms with E-state index in [1.165, 1.54) is 0 Å². The molecule has 1 rings (SSSR count). The summed E-state index contributed by atoms with van der Waals surface area (Å²) < 4.78 is 4.99. The number of ether oxygens (including phenoxy) is 1. The summed E-state index contributed by atoms with van der Waals surface area (Å²) in [5.74, 6) is -1.43. The van der Waals surface area contributed by atoms with Gasteiger partial charge < -0.3 is 15.2 Å². The lowest BCUT2D eigenvalue weighted by Crippen LogP contribution is -2.49. The zero-order valence-electron chi connectivity index (χ0n) is 12.3. The molecule has 0 spiro atoms. The zero-order chi connectivity index (χ0) is 15.3. The molecule has 0 heterocycles. The van der Waals surface area contributed by atoms with Crippen LogP contribution in [0.4, 0.5) is 0 Å². The van der Waals surface area contributed by atoms with Crippen LogP contribution in [-0.2, 0) is 16.1 Å². The minimum absolute atomic E-state index is 0.392. The zero-order valence-corrected chi connectivity index (χ0v) is 12.3. The van der Waals surface area contributed by atoms with E-state index in [0.717, 1.165) is 5.56 Å². The summed E-state index contributed by atoms with van der Waals surface area (Å²) in [6, 6.07) is 5.95. The Labute approximate surface area is 118 Å². The van der Waals surface area contributed by atoms with E-state index >= 15 is 0 Å². The Balaban J connectivity index is 2.81. The molecule has 1 amide bonds. The van der Waals surface area contributed by atoms with E-state index in [1.54, 1.807) is 52.1 Å². The van der Waals surface area contributed by atoms with Crippen LogP contribution in [0.15, 0.2) is 24.3 Å². The van der Waals surface area contributed by atoms with Gasteiger partial charge in [-0.25, -0.2) is 4.79 Å². The maximum absolute atomic E-state index is 12.1. The van der Waals surface area contributed by atoms with Gasteiger partial charge in [0.2, 0.25) is 0 Å². The van der Waals surface area contributed by atoms with E-state index in [1.807, 2.05) is 0 Å². The smallest absolute Gasteiger partial charge is 0.326 e. The van der Waals surface area contributed by atoms with Crippen LogP contribution < -0.4 is 5.32 Å². The molecule has 0 aliphatic carbocycles. The quantitative estimate of drug-likeness (QED) is 0.865. The maximum atomic E-state index is 12.1. The van der Waals surface area contributed by atoms with Crippen LogP contribution >= 0.6 is 0 Å². The van der Waals surface area contributed by atoms with Crippen molar-refractivity contribution in [1.29, 1.82) is 0 Å². The monoisotopic (exact) mass is 279 g/mol. The van der Waals surface area contributed by atoms with Crippen LogP contribution in [0.3, 0.4) is 0 Å². The van der Waals surface area contributed by atoms with E-state index in [9.17, 15) is 14.7 Å². The molecular formula is C15H21NO4. The molecule has 0 bridgehead atoms. The molecule has 0 aliphatic heterocycles. The van der Waals surface area contributed by atoms with Gasteiger partial charge in [0.1, 0.15) is 6.04 Å². The average molecular weight is 279 g/mol. The highest BCUT2D eigenvalue weighted by atomic mass is 16.5. The molecular weight excluding hydrogens is 258 g/mol. The summed E-state index contributed by atoms with van der Waals surface area (Å²) in [5.41, 5.74) is 0.826. The predicted molar refractivity (Wildman–Crippen MR) is 75.5 cm³/mol. The fourth-order valence-electron chi connectivity index (χ4n) is 1.78. The van der Waals surface area contributed by atoms with Gasteiger partial charge in [-0.3, -0.25) is 4.79 Å². The number of carbonyl (C=O) groups excluding carboxylic acids is 1. The van der Waals surface area contributed by atoms with E-state index in [-0.39, 0.29) is 0 Å². The number of nitrogens with one attached hydrogen (secondary N) is 1. The van der Waals surface area contributed by atoms with Gasteiger partial charge in [0.15, 0.2) is 0 Å². The summed E-state index contributed by atoms with van der Waals surface area (Å²) in [5, 5.41) is 11.7. The molecule has 2 N–H and O–H groups in total. The number of methoxy groups -OCH3 is 1. The molecule has 1 aromatic carbocycles. The molecule has 0 saturated heterocycles. The van der Waals surface area contributed by atoms with Crippen LogP contribution in [-0.4, -0.2) is 30.1 Å². The molecule has 0 unspecified atom stereocenters. The lowest BCUT2D eigenvalue weighted by atomic mass is 9.86. The third kappa shape index (κ3) is 4.35. The minimum Gasteiger partial charge on any atom is -0.480 e. The second-order valence-electron chi connectivity index (χ2n) is 5.74. The van der Waals surface area contributed by atoms with Crippen molar-refractivity contribution in [1.82, 2.24) is 5.32 Å². The first-order valence-electron chi connectivity index (χ1n) is 6.37. The van der Waals surface area contributed by atoms with Crippen molar-refractivity contribution in [3.8, 4) is 0 Å². The number of aliphatic carboxylic acids is 1. The summed E-state index contributed by atoms with van der Waals surface area (Å²) in [4.78, 5) is 23.3. The number of carbonyl (C=O) groups is 2. The van der Waals surface area contributed by atoms with Crippen LogP contribution in [0.1, 0.15) is 36.7 Å². The number of carboxylic acid groups (broad SMARTS) is 1. The first-order valence-corrected chi connectivity index (χ1v) is 6.37. The molecule has 5 nitrogen and oxygen atoms in total. The highest BCUT2D eigenvalue weighted by Crippen LogP contribution is 2.20. The second kappa shape index (κ2) is 6.52. The topological polar surface area (TPSA) is 75.6 Å². The molecule has 0 aromatic heterocycles. The first kappa shape index (κ1) is 16.2. The Morgan fingerprint density at radius 2 is 1.80 bits per heavy atom. The van der Waals surface area contributed by atoms with Gasteiger partial charge >= 0.3 is 5.97 Å². The Kier molecular flexibility index (Phi) is 5.27. The van der Waals surface area contributed by atoms with Gasteiger partial charge in [-0.2, -0.15) is 0 Å². The van der Waals surface area contributed by atoms with Crippen molar-refractivity contribution < 1.29 is 19.4 Å². The van der Waals surface area contributed by atoms with E-state index in [0.29, 0.717) is 12.2 Å². The van der Waals surface area contributed by atoms with Crippen LogP contribution in [0.2, 0.25) is 0 Å². The number of amides is 1. The summed E-state index contributed by atoms with van der Waals surface area (Å²) >= 11 is 0. The van der Waals surface area contributed by atoms with Crippen molar-refractivity contribution in [2.45, 2.75) is 33.4 Å². The van der Waals surface area contributed by atoms with Crippen molar-refractivity contribution in [2.24, 2.45) is 5.41 Å². The van der Waals surface area contributed by atoms with Crippen LogP contribution in [0.5, 0.6) is 0 Å². The average Bonchev–Trinajstić information content (AvgIpc) is 2.35. The molecule has 1 aromatic rings. The second-order valence-corrected chi connectivity index (χ2v) is 5.74. The molecule has 110 valence electrons. The summed E-state index contributed by atoms with van der Waals surface area (Å²) in [6.07, 6.45) is 0. The standard InChI is InChI=1S/C15H21NO4/c1-15(2,3)12(14(18)19)16-13(17)11-7-5-10(6-8-11)9-20-4/h5-8,12H,9H2,1-4H3,(H,16,17)(H,18,19)/t12-/m0/s1. The molecule has 0 fully saturated rings. The van der Waals surface area contributed by atoms with Crippen LogP contribution in [0, 0.1) is 5.41 Å². The molecule has 20 heavy (non-hydrogen) atoms. The highest BCUT2D eigenvalue weighted by molar-refractivity contribution is 5.96. The highest BCUT2D eigenvalue weighted by Gasteiger charge is 2.32. The molecule has 0 saturated carbocycles. The SMILES string of the molecule is COCc1ccc(C(=O)N[C@@H](C(=O)O)C(C)(C)C)cc1. The fourth-order valence-corrected chi connectivity index (χ4v) is 1.78. The van der Waals surface area contributed by atoms with Crippen molar-refractivity contribution in [3.63, 3.8) is 0 Å². The van der Waals surface area contributed by atoms with Gasteiger partial charge in [0.25, 0.3) is 5.91 Å². The van der Waals surface area contributed by atoms with Gasteiger partial charge in [0, 0.05) is 12.7 Å². The van der Waals surface area contributed by atoms with E-state index < -0.39 is 23.3 Å². The van der Waals surface area contributed by atoms with Crippen LogP contribution in [0.25, 0.3) is 0 Å². The van der Waals surface area contributed by atoms with Gasteiger partial charge in [-0.1, -0.05) is 32.9 Å². The Bertz CT molecular complexity index is 474. The summed E-state index contributed by atoms with van der Waals surface area (Å²) in [7, 11) is 1.60. The number of hydrogen-bond acceptors (Lipinski definition) is 3. The largest absolute Gasteiger partial charge is 0.480 e. The fraction of sp³-hybridized carbons (Fsp3) is 0.467. The molecule has 5 heteroatoms.